The van der Waals surface area contributed by atoms with Gasteiger partial charge in [0.1, 0.15) is 5.60 Å². The van der Waals surface area contributed by atoms with Crippen LogP contribution in [0.4, 0.5) is 0 Å². The van der Waals surface area contributed by atoms with Crippen molar-refractivity contribution in [3.63, 3.8) is 0 Å². The largest absolute Gasteiger partial charge is 0.462 e. The van der Waals surface area contributed by atoms with Gasteiger partial charge in [-0.2, -0.15) is 0 Å². The molecule has 0 spiro atoms. The molecule has 4 nitrogen and oxygen atoms in total. The maximum Gasteiger partial charge on any atom is 0.333 e. The fraction of sp³-hybridized carbons (Fsp3) is 0.750. The van der Waals surface area contributed by atoms with Crippen molar-refractivity contribution in [2.75, 3.05) is 6.61 Å². The van der Waals surface area contributed by atoms with Crippen LogP contribution in [0.2, 0.25) is 0 Å². The first kappa shape index (κ1) is 21.1. The summed E-state index contributed by atoms with van der Waals surface area (Å²) in [6.45, 7) is 17.7. The van der Waals surface area contributed by atoms with Crippen molar-refractivity contribution in [1.82, 2.24) is 0 Å². The highest BCUT2D eigenvalue weighted by Gasteiger charge is 2.64. The average molecular weight is 389 g/mol. The highest BCUT2D eigenvalue weighted by Crippen LogP contribution is 2.70. The summed E-state index contributed by atoms with van der Waals surface area (Å²) in [5.74, 6) is 1.03. The minimum atomic E-state index is -0.528. The Morgan fingerprint density at radius 1 is 1.04 bits per heavy atom. The van der Waals surface area contributed by atoms with Crippen LogP contribution >= 0.6 is 0 Å². The van der Waals surface area contributed by atoms with E-state index in [1.54, 1.807) is 13.8 Å². The Balaban J connectivity index is 1.82. The van der Waals surface area contributed by atoms with E-state index in [0.717, 1.165) is 19.3 Å². The number of hydrogen-bond donors (Lipinski definition) is 0. The zero-order valence-corrected chi connectivity index (χ0v) is 18.2. The van der Waals surface area contributed by atoms with Crippen LogP contribution in [0, 0.1) is 28.6 Å². The quantitative estimate of drug-likeness (QED) is 0.443. The summed E-state index contributed by atoms with van der Waals surface area (Å²) in [5, 5.41) is 0. The Bertz CT molecular complexity index is 687. The minimum absolute atomic E-state index is 0.00514. The molecule has 156 valence electrons. The Hall–Kier alpha value is -1.58. The molecule has 0 aromatic rings. The maximum atomic E-state index is 12.3. The Morgan fingerprint density at radius 3 is 2.07 bits per heavy atom. The van der Waals surface area contributed by atoms with E-state index < -0.39 is 5.60 Å². The second kappa shape index (κ2) is 7.03. The summed E-state index contributed by atoms with van der Waals surface area (Å²) in [6.07, 6.45) is 6.96. The van der Waals surface area contributed by atoms with Crippen LogP contribution in [0.5, 0.6) is 0 Å². The van der Waals surface area contributed by atoms with Crippen LogP contribution in [-0.4, -0.2) is 24.1 Å². The van der Waals surface area contributed by atoms with Gasteiger partial charge in [0.05, 0.1) is 6.61 Å². The van der Waals surface area contributed by atoms with E-state index in [0.29, 0.717) is 29.6 Å². The second-order valence-corrected chi connectivity index (χ2v) is 10.6. The van der Waals surface area contributed by atoms with E-state index >= 15 is 0 Å². The molecule has 0 aliphatic heterocycles. The van der Waals surface area contributed by atoms with E-state index in [-0.39, 0.29) is 28.7 Å². The molecule has 4 bridgehead atoms. The second-order valence-electron chi connectivity index (χ2n) is 10.6. The maximum absolute atomic E-state index is 12.3. The van der Waals surface area contributed by atoms with Gasteiger partial charge in [-0.1, -0.05) is 20.1 Å². The first-order valence-corrected chi connectivity index (χ1v) is 10.6. The lowest BCUT2D eigenvalue weighted by atomic mass is 9.39. The van der Waals surface area contributed by atoms with Gasteiger partial charge in [-0.3, -0.25) is 0 Å². The van der Waals surface area contributed by atoms with Gasteiger partial charge in [0.25, 0.3) is 0 Å². The minimum Gasteiger partial charge on any atom is -0.462 e. The molecule has 0 saturated heterocycles. The number of rotatable bonds is 7. The van der Waals surface area contributed by atoms with Gasteiger partial charge in [-0.05, 0) is 89.4 Å². The van der Waals surface area contributed by atoms with Crippen molar-refractivity contribution in [2.45, 2.75) is 78.7 Å². The fourth-order valence-corrected chi connectivity index (χ4v) is 6.54. The molecule has 0 aromatic heterocycles. The lowest BCUT2D eigenvalue weighted by molar-refractivity contribution is -0.222. The van der Waals surface area contributed by atoms with E-state index in [2.05, 4.69) is 33.9 Å². The van der Waals surface area contributed by atoms with Gasteiger partial charge in [0.15, 0.2) is 0 Å². The topological polar surface area (TPSA) is 52.6 Å². The van der Waals surface area contributed by atoms with Crippen LogP contribution in [-0.2, 0) is 19.1 Å². The summed E-state index contributed by atoms with van der Waals surface area (Å²) in [4.78, 5) is 24.2. The van der Waals surface area contributed by atoms with Gasteiger partial charge in [0.2, 0.25) is 0 Å². The SMILES string of the molecule is C=C(C)C(=O)OCC(C)C12CC3CC(C1)CC(C(C)(C)OC(=O)C(=C)C)(C3)C2. The third-order valence-electron chi connectivity index (χ3n) is 7.94. The highest BCUT2D eigenvalue weighted by molar-refractivity contribution is 5.87. The van der Waals surface area contributed by atoms with Crippen molar-refractivity contribution >= 4 is 11.9 Å². The Morgan fingerprint density at radius 2 is 1.57 bits per heavy atom. The van der Waals surface area contributed by atoms with Crippen LogP contribution < -0.4 is 0 Å². The monoisotopic (exact) mass is 388 g/mol. The zero-order chi connectivity index (χ0) is 20.9. The molecule has 0 aromatic carbocycles. The summed E-state index contributed by atoms with van der Waals surface area (Å²) in [6, 6.07) is 0. The first-order valence-electron chi connectivity index (χ1n) is 10.6. The molecule has 4 rings (SSSR count). The Labute approximate surface area is 169 Å². The summed E-state index contributed by atoms with van der Waals surface area (Å²) in [7, 11) is 0. The number of esters is 2. The lowest BCUT2D eigenvalue weighted by Gasteiger charge is -2.67. The highest BCUT2D eigenvalue weighted by atomic mass is 16.6. The number of ether oxygens (including phenoxy) is 2. The molecule has 4 saturated carbocycles. The summed E-state index contributed by atoms with van der Waals surface area (Å²) in [5.41, 5.74) is 0.524. The van der Waals surface area contributed by atoms with Gasteiger partial charge in [-0.25, -0.2) is 9.59 Å². The molecule has 4 aliphatic carbocycles. The van der Waals surface area contributed by atoms with Crippen molar-refractivity contribution in [2.24, 2.45) is 28.6 Å². The molecule has 4 heteroatoms. The van der Waals surface area contributed by atoms with Crippen LogP contribution in [0.1, 0.15) is 73.1 Å². The smallest absolute Gasteiger partial charge is 0.333 e. The van der Waals surface area contributed by atoms with E-state index in [4.69, 9.17) is 9.47 Å². The third kappa shape index (κ3) is 3.55. The molecule has 0 N–H and O–H groups in total. The molecule has 0 radical (unpaired) electrons. The summed E-state index contributed by atoms with van der Waals surface area (Å²) < 4.78 is 11.5. The molecule has 3 unspecified atom stereocenters. The van der Waals surface area contributed by atoms with Crippen molar-refractivity contribution < 1.29 is 19.1 Å². The molecular weight excluding hydrogens is 352 g/mol. The number of carbonyl (C=O) groups is 2. The van der Waals surface area contributed by atoms with Crippen molar-refractivity contribution in [3.8, 4) is 0 Å². The number of hydrogen-bond acceptors (Lipinski definition) is 4. The van der Waals surface area contributed by atoms with Crippen molar-refractivity contribution in [3.05, 3.63) is 24.3 Å². The standard InChI is InChI=1S/C24H36O4/c1-15(2)20(25)27-13-17(5)23-9-18-8-19(10-23)12-24(11-18,14-23)22(6,7)28-21(26)16(3)4/h17-19H,1,3,8-14H2,2,4-7H3. The first-order chi connectivity index (χ1) is 12.9. The number of carbonyl (C=O) groups excluding carboxylic acids is 2. The molecule has 28 heavy (non-hydrogen) atoms. The van der Waals surface area contributed by atoms with E-state index in [9.17, 15) is 9.59 Å². The van der Waals surface area contributed by atoms with Crippen LogP contribution in [0.3, 0.4) is 0 Å². The predicted molar refractivity (Wildman–Crippen MR) is 109 cm³/mol. The molecule has 3 atom stereocenters. The van der Waals surface area contributed by atoms with E-state index in [1.807, 2.05) is 0 Å². The van der Waals surface area contributed by atoms with Crippen molar-refractivity contribution in [1.29, 1.82) is 0 Å². The molecule has 4 fully saturated rings. The van der Waals surface area contributed by atoms with Crippen LogP contribution in [0.25, 0.3) is 0 Å². The zero-order valence-electron chi connectivity index (χ0n) is 18.2. The molecule has 0 heterocycles. The lowest BCUT2D eigenvalue weighted by Crippen LogP contribution is -2.62. The molecule has 4 aliphatic rings. The normalized spacial score (nSPS) is 34.6. The van der Waals surface area contributed by atoms with Crippen LogP contribution in [0.15, 0.2) is 24.3 Å². The third-order valence-corrected chi connectivity index (χ3v) is 7.94. The predicted octanol–water partition coefficient (Wildman–Crippen LogP) is 5.23. The van der Waals surface area contributed by atoms with Gasteiger partial charge in [0, 0.05) is 16.6 Å². The van der Waals surface area contributed by atoms with E-state index in [1.165, 1.54) is 19.3 Å². The molecule has 0 amide bonds. The van der Waals surface area contributed by atoms with Gasteiger partial charge in [-0.15, -0.1) is 0 Å². The molecular formula is C24H36O4. The summed E-state index contributed by atoms with van der Waals surface area (Å²) >= 11 is 0. The van der Waals surface area contributed by atoms with Gasteiger partial charge >= 0.3 is 11.9 Å². The Kier molecular flexibility index (Phi) is 5.31. The fourth-order valence-electron chi connectivity index (χ4n) is 6.54. The van der Waals surface area contributed by atoms with Gasteiger partial charge < -0.3 is 9.47 Å². The average Bonchev–Trinajstić information content (AvgIpc) is 2.57.